The van der Waals surface area contributed by atoms with E-state index in [0.717, 1.165) is 44.3 Å². The number of nitrogens with zero attached hydrogens (tertiary/aromatic N) is 3. The van der Waals surface area contributed by atoms with Gasteiger partial charge < -0.3 is 19.5 Å². The number of rotatable bonds is 4. The SMILES string of the molecule is Cc1c(F)c(N2C[C@H](N(C)C)C3(CC3)C2)c(C)c2c1c(=O)c(C(=O)O)cn2C1CC1. The van der Waals surface area contributed by atoms with Crippen LogP contribution in [0.2, 0.25) is 0 Å². The Morgan fingerprint density at radius 2 is 1.90 bits per heavy atom. The van der Waals surface area contributed by atoms with Crippen molar-refractivity contribution in [2.45, 2.75) is 51.6 Å². The second-order valence-electron chi connectivity index (χ2n) is 9.67. The van der Waals surface area contributed by atoms with E-state index in [1.807, 2.05) is 11.5 Å². The van der Waals surface area contributed by atoms with Gasteiger partial charge in [-0.25, -0.2) is 9.18 Å². The number of hydrogen-bond donors (Lipinski definition) is 1. The van der Waals surface area contributed by atoms with Crippen LogP contribution in [0.1, 0.15) is 53.2 Å². The Hall–Kier alpha value is -2.41. The van der Waals surface area contributed by atoms with Crippen LogP contribution in [0.15, 0.2) is 11.0 Å². The zero-order chi connectivity index (χ0) is 21.5. The molecule has 5 rings (SSSR count). The maximum Gasteiger partial charge on any atom is 0.341 e. The molecule has 2 heterocycles. The molecule has 0 unspecified atom stereocenters. The molecule has 0 bridgehead atoms. The van der Waals surface area contributed by atoms with Gasteiger partial charge in [0.25, 0.3) is 0 Å². The minimum absolute atomic E-state index is 0.172. The monoisotopic (exact) mass is 413 g/mol. The lowest BCUT2D eigenvalue weighted by atomic mass is 9.99. The number of fused-ring (bicyclic) bond motifs is 1. The van der Waals surface area contributed by atoms with Crippen molar-refractivity contribution in [3.63, 3.8) is 0 Å². The highest BCUT2D eigenvalue weighted by atomic mass is 19.1. The minimum atomic E-state index is -1.26. The molecule has 7 heteroatoms. The van der Waals surface area contributed by atoms with Gasteiger partial charge in [-0.05, 0) is 59.2 Å². The van der Waals surface area contributed by atoms with Gasteiger partial charge in [-0.1, -0.05) is 0 Å². The number of carbonyl (C=O) groups is 1. The number of anilines is 1. The summed E-state index contributed by atoms with van der Waals surface area (Å²) < 4.78 is 17.7. The molecule has 160 valence electrons. The van der Waals surface area contributed by atoms with E-state index in [9.17, 15) is 14.7 Å². The third-order valence-corrected chi connectivity index (χ3v) is 7.47. The Balaban J connectivity index is 1.76. The Kier molecular flexibility index (Phi) is 4.10. The summed E-state index contributed by atoms with van der Waals surface area (Å²) in [5, 5.41) is 9.75. The van der Waals surface area contributed by atoms with E-state index in [1.54, 1.807) is 6.92 Å². The van der Waals surface area contributed by atoms with E-state index in [-0.39, 0.29) is 28.0 Å². The minimum Gasteiger partial charge on any atom is -0.477 e. The lowest BCUT2D eigenvalue weighted by molar-refractivity contribution is 0.0695. The van der Waals surface area contributed by atoms with Crippen LogP contribution >= 0.6 is 0 Å². The topological polar surface area (TPSA) is 65.8 Å². The van der Waals surface area contributed by atoms with Crippen molar-refractivity contribution in [3.05, 3.63) is 38.9 Å². The largest absolute Gasteiger partial charge is 0.477 e. The zero-order valence-corrected chi connectivity index (χ0v) is 18.0. The fourth-order valence-corrected chi connectivity index (χ4v) is 5.58. The van der Waals surface area contributed by atoms with Gasteiger partial charge >= 0.3 is 5.97 Å². The molecule has 1 aromatic carbocycles. The molecule has 6 nitrogen and oxygen atoms in total. The van der Waals surface area contributed by atoms with Crippen LogP contribution in [0, 0.1) is 25.1 Å². The molecule has 1 aliphatic heterocycles. The standard InChI is InChI=1S/C23H28FN3O3/c1-12-17-19(27(14-5-6-14)9-15(21(17)28)22(29)30)13(2)20(18(12)24)26-10-16(25(3)4)23(11-26)7-8-23/h9,14,16H,5-8,10-11H2,1-4H3,(H,29,30)/t16-/m0/s1. The van der Waals surface area contributed by atoms with E-state index < -0.39 is 17.2 Å². The van der Waals surface area contributed by atoms with Gasteiger partial charge in [0, 0.05) is 42.3 Å². The summed E-state index contributed by atoms with van der Waals surface area (Å²) in [5.74, 6) is -1.65. The molecule has 3 aliphatic rings. The first-order valence-corrected chi connectivity index (χ1v) is 10.7. The Labute approximate surface area is 174 Å². The molecular weight excluding hydrogens is 385 g/mol. The van der Waals surface area contributed by atoms with Gasteiger partial charge in [0.2, 0.25) is 5.43 Å². The molecule has 2 aromatic rings. The molecule has 1 spiro atoms. The number of carboxylic acid groups (broad SMARTS) is 1. The summed E-state index contributed by atoms with van der Waals surface area (Å²) in [6, 6.07) is 0.554. The molecule has 0 radical (unpaired) electrons. The lowest BCUT2D eigenvalue weighted by Crippen LogP contribution is -2.36. The molecule has 2 aliphatic carbocycles. The van der Waals surface area contributed by atoms with Crippen LogP contribution in [0.25, 0.3) is 10.9 Å². The lowest BCUT2D eigenvalue weighted by Gasteiger charge is -2.26. The summed E-state index contributed by atoms with van der Waals surface area (Å²) in [6.07, 6.45) is 5.67. The molecular formula is C23H28FN3O3. The maximum atomic E-state index is 15.8. The Morgan fingerprint density at radius 3 is 2.40 bits per heavy atom. The Morgan fingerprint density at radius 1 is 1.23 bits per heavy atom. The van der Waals surface area contributed by atoms with Gasteiger partial charge in [0.1, 0.15) is 5.56 Å². The maximum absolute atomic E-state index is 15.8. The predicted octanol–water partition coefficient (Wildman–Crippen LogP) is 3.32. The highest BCUT2D eigenvalue weighted by Crippen LogP contribution is 2.55. The van der Waals surface area contributed by atoms with Gasteiger partial charge in [-0.2, -0.15) is 0 Å². The van der Waals surface area contributed by atoms with E-state index >= 15 is 4.39 Å². The molecule has 30 heavy (non-hydrogen) atoms. The summed E-state index contributed by atoms with van der Waals surface area (Å²) in [7, 11) is 4.17. The number of likely N-dealkylation sites (N-methyl/N-ethyl adjacent to an activating group) is 1. The summed E-state index contributed by atoms with van der Waals surface area (Å²) >= 11 is 0. The van der Waals surface area contributed by atoms with Gasteiger partial charge in [0.15, 0.2) is 5.82 Å². The smallest absolute Gasteiger partial charge is 0.341 e. The first-order chi connectivity index (χ1) is 14.2. The van der Waals surface area contributed by atoms with Crippen LogP contribution in [0.5, 0.6) is 0 Å². The summed E-state index contributed by atoms with van der Waals surface area (Å²) in [5.41, 5.74) is 1.62. The number of pyridine rings is 1. The number of aryl methyl sites for hydroxylation is 2. The van der Waals surface area contributed by atoms with E-state index in [0.29, 0.717) is 17.2 Å². The van der Waals surface area contributed by atoms with Crippen molar-refractivity contribution in [1.29, 1.82) is 0 Å². The molecule has 1 N–H and O–H groups in total. The molecule has 1 aromatic heterocycles. The normalized spacial score (nSPS) is 22.5. The molecule has 2 saturated carbocycles. The first-order valence-electron chi connectivity index (χ1n) is 10.7. The van der Waals surface area contributed by atoms with Crippen LogP contribution < -0.4 is 10.3 Å². The summed E-state index contributed by atoms with van der Waals surface area (Å²) in [4.78, 5) is 29.1. The summed E-state index contributed by atoms with van der Waals surface area (Å²) in [6.45, 7) is 5.06. The number of aromatic carboxylic acids is 1. The molecule has 1 atom stereocenters. The first kappa shape index (κ1) is 19.5. The van der Waals surface area contributed by atoms with Crippen molar-refractivity contribution in [3.8, 4) is 0 Å². The third kappa shape index (κ3) is 2.64. The van der Waals surface area contributed by atoms with E-state index in [4.69, 9.17) is 0 Å². The fraction of sp³-hybridized carbons (Fsp3) is 0.565. The average molecular weight is 413 g/mol. The van der Waals surface area contributed by atoms with Crippen molar-refractivity contribution in [2.24, 2.45) is 5.41 Å². The second-order valence-corrected chi connectivity index (χ2v) is 9.67. The molecule has 3 fully saturated rings. The van der Waals surface area contributed by atoms with Crippen molar-refractivity contribution < 1.29 is 14.3 Å². The van der Waals surface area contributed by atoms with Crippen molar-refractivity contribution in [2.75, 3.05) is 32.1 Å². The number of carboxylic acids is 1. The van der Waals surface area contributed by atoms with Gasteiger partial charge in [-0.15, -0.1) is 0 Å². The second kappa shape index (κ2) is 6.30. The average Bonchev–Trinajstić information content (AvgIpc) is 3.58. The highest BCUT2D eigenvalue weighted by molar-refractivity contribution is 5.97. The highest BCUT2D eigenvalue weighted by Gasteiger charge is 2.56. The van der Waals surface area contributed by atoms with Crippen LogP contribution in [-0.4, -0.2) is 53.8 Å². The van der Waals surface area contributed by atoms with Crippen LogP contribution in [0.4, 0.5) is 10.1 Å². The molecule has 1 saturated heterocycles. The van der Waals surface area contributed by atoms with Gasteiger partial charge in [-0.3, -0.25) is 4.79 Å². The van der Waals surface area contributed by atoms with Crippen molar-refractivity contribution in [1.82, 2.24) is 9.47 Å². The Bertz CT molecular complexity index is 1150. The quantitative estimate of drug-likeness (QED) is 0.833. The molecule has 0 amide bonds. The zero-order valence-electron chi connectivity index (χ0n) is 18.0. The van der Waals surface area contributed by atoms with Crippen molar-refractivity contribution >= 4 is 22.6 Å². The number of hydrogen-bond acceptors (Lipinski definition) is 4. The van der Waals surface area contributed by atoms with Crippen LogP contribution in [0.3, 0.4) is 0 Å². The van der Waals surface area contributed by atoms with E-state index in [2.05, 4.69) is 23.9 Å². The predicted molar refractivity (Wildman–Crippen MR) is 114 cm³/mol. The number of halogens is 1. The third-order valence-electron chi connectivity index (χ3n) is 7.47. The number of aromatic nitrogens is 1. The van der Waals surface area contributed by atoms with E-state index in [1.165, 1.54) is 6.20 Å². The van der Waals surface area contributed by atoms with Crippen LogP contribution in [-0.2, 0) is 0 Å². The van der Waals surface area contributed by atoms with Gasteiger partial charge in [0.05, 0.1) is 16.6 Å². The number of benzene rings is 1. The fourth-order valence-electron chi connectivity index (χ4n) is 5.58.